The Labute approximate surface area is 221 Å². The highest BCUT2D eigenvalue weighted by Crippen LogP contribution is 2.38. The smallest absolute Gasteiger partial charge is 0.345 e. The zero-order valence-electron chi connectivity index (χ0n) is 18.9. The molecule has 1 heterocycles. The van der Waals surface area contributed by atoms with E-state index in [-0.39, 0.29) is 40.1 Å². The molecule has 1 saturated heterocycles. The molecule has 3 aromatic rings. The van der Waals surface area contributed by atoms with Crippen molar-refractivity contribution in [2.24, 2.45) is 0 Å². The number of carbonyl (C=O) groups is 3. The Bertz CT molecular complexity index is 1340. The van der Waals surface area contributed by atoms with Crippen LogP contribution >= 0.6 is 35.0 Å². The van der Waals surface area contributed by atoms with Crippen LogP contribution < -0.4 is 14.2 Å². The summed E-state index contributed by atoms with van der Waals surface area (Å²) in [6.45, 7) is 0.184. The first-order valence-electron chi connectivity index (χ1n) is 10.6. The topological polar surface area (TPSA) is 82.1 Å². The molecule has 1 fully saturated rings. The number of hydrogen-bond acceptors (Lipinski definition) is 7. The number of esters is 1. The maximum absolute atomic E-state index is 12.9. The molecule has 2 amide bonds. The standard InChI is InChI=1S/C26H19Cl2NO6S/c1-33-21-8-4-5-16(23(21)35-25(31)19-6-2-3-7-20(19)28)15-22-24(30)29(26(32)36-22)13-14-34-18-11-9-17(27)10-12-18/h2-12,15H,13-14H2,1H3/b22-15-. The number of nitrogens with zero attached hydrogens (tertiary/aromatic N) is 1. The lowest BCUT2D eigenvalue weighted by Crippen LogP contribution is -2.32. The fourth-order valence-electron chi connectivity index (χ4n) is 3.31. The summed E-state index contributed by atoms with van der Waals surface area (Å²) >= 11 is 12.8. The van der Waals surface area contributed by atoms with Crippen molar-refractivity contribution in [3.63, 3.8) is 0 Å². The van der Waals surface area contributed by atoms with Gasteiger partial charge in [-0.25, -0.2) is 4.79 Å². The van der Waals surface area contributed by atoms with E-state index in [1.807, 2.05) is 0 Å². The fourth-order valence-corrected chi connectivity index (χ4v) is 4.51. The lowest BCUT2D eigenvalue weighted by Gasteiger charge is -2.14. The summed E-state index contributed by atoms with van der Waals surface area (Å²) in [4.78, 5) is 39.5. The van der Waals surface area contributed by atoms with E-state index in [9.17, 15) is 14.4 Å². The molecular formula is C26H19Cl2NO6S. The molecule has 0 aliphatic carbocycles. The van der Waals surface area contributed by atoms with Crippen molar-refractivity contribution in [1.29, 1.82) is 0 Å². The minimum Gasteiger partial charge on any atom is -0.493 e. The van der Waals surface area contributed by atoms with E-state index < -0.39 is 17.1 Å². The zero-order chi connectivity index (χ0) is 25.7. The highest BCUT2D eigenvalue weighted by molar-refractivity contribution is 8.18. The van der Waals surface area contributed by atoms with Gasteiger partial charge in [-0.05, 0) is 60.3 Å². The first kappa shape index (κ1) is 25.6. The van der Waals surface area contributed by atoms with Crippen molar-refractivity contribution in [3.05, 3.63) is 92.8 Å². The van der Waals surface area contributed by atoms with E-state index in [2.05, 4.69) is 0 Å². The first-order valence-corrected chi connectivity index (χ1v) is 12.2. The van der Waals surface area contributed by atoms with Gasteiger partial charge in [-0.1, -0.05) is 47.5 Å². The van der Waals surface area contributed by atoms with Crippen LogP contribution in [0.15, 0.2) is 71.6 Å². The quantitative estimate of drug-likeness (QED) is 0.186. The summed E-state index contributed by atoms with van der Waals surface area (Å²) in [6.07, 6.45) is 1.49. The molecule has 0 unspecified atom stereocenters. The summed E-state index contributed by atoms with van der Waals surface area (Å²) in [6, 6.07) is 18.2. The Hall–Kier alpha value is -3.46. The van der Waals surface area contributed by atoms with Crippen molar-refractivity contribution in [3.8, 4) is 17.2 Å². The monoisotopic (exact) mass is 543 g/mol. The number of halogens is 2. The molecule has 36 heavy (non-hydrogen) atoms. The highest BCUT2D eigenvalue weighted by atomic mass is 35.5. The van der Waals surface area contributed by atoms with Gasteiger partial charge in [0, 0.05) is 10.6 Å². The molecule has 0 N–H and O–H groups in total. The predicted octanol–water partition coefficient (Wildman–Crippen LogP) is 6.34. The predicted molar refractivity (Wildman–Crippen MR) is 139 cm³/mol. The summed E-state index contributed by atoms with van der Waals surface area (Å²) in [5, 5.41) is 0.386. The number of carbonyl (C=O) groups excluding carboxylic acids is 3. The third-order valence-electron chi connectivity index (χ3n) is 5.08. The molecule has 184 valence electrons. The number of hydrogen-bond donors (Lipinski definition) is 0. The Kier molecular flexibility index (Phi) is 8.20. The van der Waals surface area contributed by atoms with Crippen molar-refractivity contribution in [2.75, 3.05) is 20.3 Å². The number of ether oxygens (including phenoxy) is 3. The van der Waals surface area contributed by atoms with Crippen molar-refractivity contribution in [2.45, 2.75) is 0 Å². The molecule has 0 radical (unpaired) electrons. The second-order valence-electron chi connectivity index (χ2n) is 7.38. The van der Waals surface area contributed by atoms with E-state index >= 15 is 0 Å². The average molecular weight is 544 g/mol. The van der Waals surface area contributed by atoms with Crippen LogP contribution in [0.25, 0.3) is 6.08 Å². The van der Waals surface area contributed by atoms with Gasteiger partial charge in [0.1, 0.15) is 12.4 Å². The summed E-state index contributed by atoms with van der Waals surface area (Å²) in [5.74, 6) is -0.214. The van der Waals surface area contributed by atoms with Crippen molar-refractivity contribution < 1.29 is 28.6 Å². The van der Waals surface area contributed by atoms with Gasteiger partial charge in [-0.15, -0.1) is 0 Å². The minimum absolute atomic E-state index is 0.0666. The summed E-state index contributed by atoms with van der Waals surface area (Å²) < 4.78 is 16.6. The lowest BCUT2D eigenvalue weighted by atomic mass is 10.1. The Morgan fingerprint density at radius 3 is 2.47 bits per heavy atom. The van der Waals surface area contributed by atoms with E-state index in [4.69, 9.17) is 37.4 Å². The normalized spacial score (nSPS) is 14.3. The summed E-state index contributed by atoms with van der Waals surface area (Å²) in [5.41, 5.74) is 0.565. The Morgan fingerprint density at radius 2 is 1.75 bits per heavy atom. The van der Waals surface area contributed by atoms with Crippen LogP contribution in [0, 0.1) is 0 Å². The summed E-state index contributed by atoms with van der Waals surface area (Å²) in [7, 11) is 1.43. The number of imide groups is 1. The molecule has 0 aromatic heterocycles. The second kappa shape index (κ2) is 11.5. The van der Waals surface area contributed by atoms with Crippen molar-refractivity contribution >= 4 is 58.2 Å². The molecule has 0 bridgehead atoms. The number of rotatable bonds is 8. The average Bonchev–Trinajstić information content (AvgIpc) is 3.13. The molecule has 0 spiro atoms. The van der Waals surface area contributed by atoms with E-state index in [0.29, 0.717) is 16.3 Å². The van der Waals surface area contributed by atoms with Crippen molar-refractivity contribution in [1.82, 2.24) is 4.90 Å². The van der Waals surface area contributed by atoms with E-state index in [1.165, 1.54) is 19.3 Å². The van der Waals surface area contributed by atoms with Crippen LogP contribution in [0.4, 0.5) is 4.79 Å². The van der Waals surface area contributed by atoms with Gasteiger partial charge in [0.15, 0.2) is 11.5 Å². The lowest BCUT2D eigenvalue weighted by molar-refractivity contribution is -0.123. The SMILES string of the molecule is COc1cccc(/C=C2\SC(=O)N(CCOc3ccc(Cl)cc3)C2=O)c1OC(=O)c1ccccc1Cl. The number of methoxy groups -OCH3 is 1. The third kappa shape index (κ3) is 5.84. The maximum atomic E-state index is 12.9. The molecular weight excluding hydrogens is 525 g/mol. The van der Waals surface area contributed by atoms with Gasteiger partial charge >= 0.3 is 5.97 Å². The number of amides is 2. The van der Waals surface area contributed by atoms with Crippen LogP contribution in [-0.2, 0) is 4.79 Å². The van der Waals surface area contributed by atoms with E-state index in [1.54, 1.807) is 60.7 Å². The molecule has 1 aliphatic rings. The largest absolute Gasteiger partial charge is 0.493 e. The highest BCUT2D eigenvalue weighted by Gasteiger charge is 2.35. The molecule has 7 nitrogen and oxygen atoms in total. The van der Waals surface area contributed by atoms with Crippen LogP contribution in [0.5, 0.6) is 17.2 Å². The minimum atomic E-state index is -0.688. The van der Waals surface area contributed by atoms with Gasteiger partial charge < -0.3 is 14.2 Å². The van der Waals surface area contributed by atoms with Gasteiger partial charge in [0.05, 0.1) is 29.1 Å². The number of thioether (sulfide) groups is 1. The van der Waals surface area contributed by atoms with Crippen LogP contribution in [0.2, 0.25) is 10.0 Å². The third-order valence-corrected chi connectivity index (χ3v) is 6.56. The molecule has 0 saturated carbocycles. The molecule has 1 aliphatic heterocycles. The van der Waals surface area contributed by atoms with Crippen LogP contribution in [-0.4, -0.2) is 42.3 Å². The molecule has 4 rings (SSSR count). The van der Waals surface area contributed by atoms with E-state index in [0.717, 1.165) is 16.7 Å². The molecule has 0 atom stereocenters. The van der Waals surface area contributed by atoms with Crippen LogP contribution in [0.3, 0.4) is 0 Å². The number of para-hydroxylation sites is 1. The van der Waals surface area contributed by atoms with Gasteiger partial charge in [0.2, 0.25) is 0 Å². The van der Waals surface area contributed by atoms with Gasteiger partial charge in [0.25, 0.3) is 11.1 Å². The molecule has 10 heteroatoms. The second-order valence-corrected chi connectivity index (χ2v) is 9.22. The number of benzene rings is 3. The zero-order valence-corrected chi connectivity index (χ0v) is 21.2. The first-order chi connectivity index (χ1) is 17.4. The maximum Gasteiger partial charge on any atom is 0.345 e. The molecule has 3 aromatic carbocycles. The van der Waals surface area contributed by atoms with Crippen LogP contribution in [0.1, 0.15) is 15.9 Å². The van der Waals surface area contributed by atoms with Gasteiger partial charge in [-0.3, -0.25) is 14.5 Å². The Balaban J connectivity index is 1.52. The van der Waals surface area contributed by atoms with Gasteiger partial charge in [-0.2, -0.15) is 0 Å². The fraction of sp³-hybridized carbons (Fsp3) is 0.115. The Morgan fingerprint density at radius 1 is 1.00 bits per heavy atom.